The zero-order valence-corrected chi connectivity index (χ0v) is 14.9. The van der Waals surface area contributed by atoms with Gasteiger partial charge in [-0.2, -0.15) is 0 Å². The fourth-order valence-corrected chi connectivity index (χ4v) is 3.09. The van der Waals surface area contributed by atoms with E-state index in [1.165, 1.54) is 37.6 Å². The van der Waals surface area contributed by atoms with Crippen molar-refractivity contribution in [3.05, 3.63) is 58.0 Å². The van der Waals surface area contributed by atoms with Crippen molar-refractivity contribution in [3.63, 3.8) is 0 Å². The summed E-state index contributed by atoms with van der Waals surface area (Å²) < 4.78 is 21.9. The van der Waals surface area contributed by atoms with Crippen molar-refractivity contribution in [2.24, 2.45) is 0 Å². The van der Waals surface area contributed by atoms with E-state index in [2.05, 4.69) is 4.98 Å². The van der Waals surface area contributed by atoms with Crippen molar-refractivity contribution in [1.82, 2.24) is 4.98 Å². The van der Waals surface area contributed by atoms with E-state index >= 15 is 0 Å². The summed E-state index contributed by atoms with van der Waals surface area (Å²) in [6.07, 6.45) is 2.19. The van der Waals surface area contributed by atoms with Crippen molar-refractivity contribution in [2.45, 2.75) is 12.3 Å². The Labute approximate surface area is 159 Å². The predicted octanol–water partition coefficient (Wildman–Crippen LogP) is 3.47. The number of rotatable bonds is 5. The molecule has 4 rings (SSSR count). The number of hydrogen-bond donors (Lipinski definition) is 0. The molecule has 0 radical (unpaired) electrons. The second-order valence-corrected chi connectivity index (χ2v) is 6.27. The van der Waals surface area contributed by atoms with Crippen LogP contribution in [-0.4, -0.2) is 36.2 Å². The molecule has 0 bridgehead atoms. The molecule has 1 aromatic carbocycles. The molecule has 3 heterocycles. The number of nitro benzene ring substituents is 1. The number of carbonyl (C=O) groups is 1. The van der Waals surface area contributed by atoms with Gasteiger partial charge in [-0.3, -0.25) is 10.1 Å². The van der Waals surface area contributed by atoms with Crippen molar-refractivity contribution in [1.29, 1.82) is 0 Å². The fraction of sp³-hybridized carbons (Fsp3) is 0.263. The molecule has 1 fully saturated rings. The number of nitrogens with zero attached hydrogens (tertiary/aromatic N) is 2. The van der Waals surface area contributed by atoms with E-state index in [0.717, 1.165) is 6.42 Å². The van der Waals surface area contributed by atoms with Crippen LogP contribution in [0.15, 0.2) is 40.9 Å². The van der Waals surface area contributed by atoms with Gasteiger partial charge in [0.05, 0.1) is 24.2 Å². The standard InChI is InChI=1S/C19H16N2O7/c1-25-18-17-14(8-16(28-17)11-6-7-26-10-11)15(9-20-18)19(22)27-13-4-2-12(3-5-13)21(23)24/h2-5,8-9,11H,6-7,10H2,1H3. The van der Waals surface area contributed by atoms with Gasteiger partial charge >= 0.3 is 5.97 Å². The summed E-state index contributed by atoms with van der Waals surface area (Å²) in [5.74, 6) is 0.613. The summed E-state index contributed by atoms with van der Waals surface area (Å²) >= 11 is 0. The van der Waals surface area contributed by atoms with Gasteiger partial charge in [-0.15, -0.1) is 0 Å². The zero-order valence-electron chi connectivity index (χ0n) is 14.9. The molecule has 0 N–H and O–H groups in total. The lowest BCUT2D eigenvalue weighted by Gasteiger charge is -2.06. The van der Waals surface area contributed by atoms with Crippen LogP contribution in [0.1, 0.15) is 28.5 Å². The quantitative estimate of drug-likeness (QED) is 0.284. The lowest BCUT2D eigenvalue weighted by molar-refractivity contribution is -0.384. The van der Waals surface area contributed by atoms with Crippen molar-refractivity contribution >= 4 is 22.6 Å². The number of methoxy groups -OCH3 is 1. The van der Waals surface area contributed by atoms with E-state index < -0.39 is 10.9 Å². The molecule has 1 aliphatic heterocycles. The zero-order chi connectivity index (χ0) is 19.7. The van der Waals surface area contributed by atoms with Crippen LogP contribution in [0.5, 0.6) is 11.6 Å². The highest BCUT2D eigenvalue weighted by atomic mass is 16.6. The van der Waals surface area contributed by atoms with Crippen LogP contribution >= 0.6 is 0 Å². The fourth-order valence-electron chi connectivity index (χ4n) is 3.09. The molecule has 0 saturated carbocycles. The summed E-state index contributed by atoms with van der Waals surface area (Å²) in [7, 11) is 1.47. The monoisotopic (exact) mass is 384 g/mol. The molecule has 2 aromatic heterocycles. The van der Waals surface area contributed by atoms with Gasteiger partial charge in [0.15, 0.2) is 5.58 Å². The van der Waals surface area contributed by atoms with Crippen molar-refractivity contribution in [3.8, 4) is 11.6 Å². The minimum atomic E-state index is -0.649. The van der Waals surface area contributed by atoms with Crippen LogP contribution in [0.2, 0.25) is 0 Å². The molecule has 9 nitrogen and oxygen atoms in total. The average Bonchev–Trinajstić information content (AvgIpc) is 3.37. The average molecular weight is 384 g/mol. The Bertz CT molecular complexity index is 1040. The summed E-state index contributed by atoms with van der Waals surface area (Å²) in [4.78, 5) is 27.0. The molecule has 0 aliphatic carbocycles. The number of fused-ring (bicyclic) bond motifs is 1. The molecule has 28 heavy (non-hydrogen) atoms. The second-order valence-electron chi connectivity index (χ2n) is 6.27. The Morgan fingerprint density at radius 2 is 2.11 bits per heavy atom. The first-order valence-electron chi connectivity index (χ1n) is 8.57. The normalized spacial score (nSPS) is 16.2. The third-order valence-corrected chi connectivity index (χ3v) is 4.55. The third-order valence-electron chi connectivity index (χ3n) is 4.55. The maximum atomic E-state index is 12.7. The number of pyridine rings is 1. The molecule has 1 atom stereocenters. The number of benzene rings is 1. The number of ether oxygens (including phenoxy) is 3. The third kappa shape index (κ3) is 3.27. The molecule has 1 unspecified atom stereocenters. The highest BCUT2D eigenvalue weighted by Crippen LogP contribution is 2.35. The van der Waals surface area contributed by atoms with E-state index in [1.807, 2.05) is 0 Å². The highest BCUT2D eigenvalue weighted by molar-refractivity contribution is 6.05. The Morgan fingerprint density at radius 1 is 1.32 bits per heavy atom. The molecule has 1 aliphatic rings. The maximum Gasteiger partial charge on any atom is 0.345 e. The smallest absolute Gasteiger partial charge is 0.345 e. The van der Waals surface area contributed by atoms with Crippen LogP contribution in [0.4, 0.5) is 5.69 Å². The SMILES string of the molecule is COc1ncc(C(=O)Oc2ccc([N+](=O)[O-])cc2)c2cc(C3CCOC3)oc12. The Morgan fingerprint density at radius 3 is 2.75 bits per heavy atom. The second kappa shape index (κ2) is 7.28. The van der Waals surface area contributed by atoms with E-state index in [1.54, 1.807) is 6.07 Å². The topological polar surface area (TPSA) is 114 Å². The number of furan rings is 1. The summed E-state index contributed by atoms with van der Waals surface area (Å²) in [5.41, 5.74) is 0.484. The van der Waals surface area contributed by atoms with Gasteiger partial charge in [0.25, 0.3) is 11.6 Å². The first kappa shape index (κ1) is 17.9. The first-order chi connectivity index (χ1) is 13.6. The molecule has 0 spiro atoms. The maximum absolute atomic E-state index is 12.7. The van der Waals surface area contributed by atoms with Gasteiger partial charge in [0.1, 0.15) is 11.5 Å². The minimum Gasteiger partial charge on any atom is -0.478 e. The molecule has 144 valence electrons. The van der Waals surface area contributed by atoms with Crippen LogP contribution in [0, 0.1) is 10.1 Å². The molecular formula is C19H16N2O7. The number of hydrogen-bond acceptors (Lipinski definition) is 8. The number of aromatic nitrogens is 1. The molecule has 9 heteroatoms. The molecule has 3 aromatic rings. The van der Waals surface area contributed by atoms with Gasteiger partial charge < -0.3 is 18.6 Å². The van der Waals surface area contributed by atoms with Crippen molar-refractivity contribution in [2.75, 3.05) is 20.3 Å². The molecular weight excluding hydrogens is 368 g/mol. The van der Waals surface area contributed by atoms with Crippen molar-refractivity contribution < 1.29 is 28.3 Å². The number of nitro groups is 1. The van der Waals surface area contributed by atoms with Gasteiger partial charge in [0, 0.05) is 36.2 Å². The van der Waals surface area contributed by atoms with Gasteiger partial charge in [-0.05, 0) is 24.6 Å². The molecule has 0 amide bonds. The summed E-state index contributed by atoms with van der Waals surface area (Å²) in [5, 5.41) is 11.3. The van der Waals surface area contributed by atoms with Gasteiger partial charge in [-0.1, -0.05) is 0 Å². The number of esters is 1. The summed E-state index contributed by atoms with van der Waals surface area (Å²) in [6.45, 7) is 1.21. The summed E-state index contributed by atoms with van der Waals surface area (Å²) in [6, 6.07) is 7.04. The largest absolute Gasteiger partial charge is 0.478 e. The van der Waals surface area contributed by atoms with E-state index in [-0.39, 0.29) is 28.8 Å². The predicted molar refractivity (Wildman–Crippen MR) is 96.8 cm³/mol. The Hall–Kier alpha value is -3.46. The number of carbonyl (C=O) groups excluding carboxylic acids is 1. The Kier molecular flexibility index (Phi) is 4.66. The number of non-ortho nitro benzene ring substituents is 1. The lowest BCUT2D eigenvalue weighted by Crippen LogP contribution is -2.09. The van der Waals surface area contributed by atoms with Crippen LogP contribution in [0.3, 0.4) is 0 Å². The van der Waals surface area contributed by atoms with E-state index in [4.69, 9.17) is 18.6 Å². The van der Waals surface area contributed by atoms with E-state index in [9.17, 15) is 14.9 Å². The lowest BCUT2D eigenvalue weighted by atomic mass is 10.1. The minimum absolute atomic E-state index is 0.0911. The van der Waals surface area contributed by atoms with Crippen LogP contribution in [0.25, 0.3) is 11.0 Å². The van der Waals surface area contributed by atoms with Gasteiger partial charge in [-0.25, -0.2) is 9.78 Å². The van der Waals surface area contributed by atoms with Crippen LogP contribution < -0.4 is 9.47 Å². The Balaban J connectivity index is 1.66. The first-order valence-corrected chi connectivity index (χ1v) is 8.57. The van der Waals surface area contributed by atoms with E-state index in [0.29, 0.717) is 29.9 Å². The van der Waals surface area contributed by atoms with Gasteiger partial charge in [0.2, 0.25) is 0 Å². The van der Waals surface area contributed by atoms with Crippen LogP contribution in [-0.2, 0) is 4.74 Å². The highest BCUT2D eigenvalue weighted by Gasteiger charge is 2.26. The molecule has 1 saturated heterocycles.